The van der Waals surface area contributed by atoms with Crippen LogP contribution in [0.5, 0.6) is 0 Å². The van der Waals surface area contributed by atoms with Crippen LogP contribution in [0.2, 0.25) is 0 Å². The number of halogens is 1. The minimum Gasteiger partial charge on any atom is -0.353 e. The topological polar surface area (TPSA) is 41.1 Å². The summed E-state index contributed by atoms with van der Waals surface area (Å²) in [4.78, 5) is 12.8. The van der Waals surface area contributed by atoms with E-state index in [2.05, 4.69) is 45.6 Å². The summed E-state index contributed by atoms with van der Waals surface area (Å²) in [5, 5.41) is 6.45. The predicted octanol–water partition coefficient (Wildman–Crippen LogP) is 3.22. The van der Waals surface area contributed by atoms with Crippen molar-refractivity contribution in [2.24, 2.45) is 0 Å². The van der Waals surface area contributed by atoms with Crippen molar-refractivity contribution in [3.63, 3.8) is 0 Å². The van der Waals surface area contributed by atoms with Gasteiger partial charge >= 0.3 is 0 Å². The van der Waals surface area contributed by atoms with Gasteiger partial charge in [0, 0.05) is 23.4 Å². The number of nitrogens with one attached hydrogen (secondary N) is 2. The van der Waals surface area contributed by atoms with Crippen LogP contribution in [0.25, 0.3) is 0 Å². The lowest BCUT2D eigenvalue weighted by Crippen LogP contribution is -2.26. The Labute approximate surface area is 120 Å². The van der Waals surface area contributed by atoms with Crippen LogP contribution >= 0.6 is 27.3 Å². The van der Waals surface area contributed by atoms with Gasteiger partial charge in [-0.05, 0) is 60.8 Å². The number of amides is 1. The number of thiophene rings is 1. The van der Waals surface area contributed by atoms with E-state index >= 15 is 0 Å². The summed E-state index contributed by atoms with van der Waals surface area (Å²) in [5.74, 6) is 0.200. The van der Waals surface area contributed by atoms with Gasteiger partial charge in [0.15, 0.2) is 0 Å². The van der Waals surface area contributed by atoms with Crippen LogP contribution < -0.4 is 10.6 Å². The van der Waals surface area contributed by atoms with Gasteiger partial charge in [-0.1, -0.05) is 0 Å². The first-order valence-electron chi connectivity index (χ1n) is 6.43. The van der Waals surface area contributed by atoms with E-state index in [1.54, 1.807) is 11.3 Å². The Morgan fingerprint density at radius 1 is 1.56 bits per heavy atom. The van der Waals surface area contributed by atoms with Gasteiger partial charge in [-0.15, -0.1) is 11.3 Å². The molecule has 3 nitrogen and oxygen atoms in total. The molecule has 0 spiro atoms. The highest BCUT2D eigenvalue weighted by Crippen LogP contribution is 2.26. The highest BCUT2D eigenvalue weighted by Gasteiger charge is 2.22. The molecule has 1 unspecified atom stereocenters. The molecule has 1 fully saturated rings. The van der Waals surface area contributed by atoms with Gasteiger partial charge in [0.05, 0.1) is 3.79 Å². The zero-order valence-electron chi connectivity index (χ0n) is 10.5. The number of hydrogen-bond donors (Lipinski definition) is 2. The van der Waals surface area contributed by atoms with Gasteiger partial charge < -0.3 is 10.6 Å². The summed E-state index contributed by atoms with van der Waals surface area (Å²) in [7, 11) is 0. The lowest BCUT2D eigenvalue weighted by molar-refractivity contribution is -0.121. The molecule has 0 aromatic carbocycles. The Hall–Kier alpha value is -0.390. The summed E-state index contributed by atoms with van der Waals surface area (Å²) in [6.45, 7) is 3.04. The number of hydrogen-bond acceptors (Lipinski definition) is 3. The van der Waals surface area contributed by atoms with E-state index < -0.39 is 0 Å². The van der Waals surface area contributed by atoms with Crippen molar-refractivity contribution in [2.45, 2.75) is 44.7 Å². The zero-order valence-corrected chi connectivity index (χ0v) is 12.9. The fourth-order valence-electron chi connectivity index (χ4n) is 1.76. The molecule has 1 saturated carbocycles. The average Bonchev–Trinajstić information content (AvgIpc) is 3.03. The van der Waals surface area contributed by atoms with Crippen molar-refractivity contribution in [1.29, 1.82) is 0 Å². The molecule has 1 aromatic rings. The van der Waals surface area contributed by atoms with Gasteiger partial charge in [-0.3, -0.25) is 4.79 Å². The Kier molecular flexibility index (Phi) is 5.21. The van der Waals surface area contributed by atoms with E-state index in [-0.39, 0.29) is 5.91 Å². The molecular weight excluding hydrogens is 312 g/mol. The second-order valence-corrected chi connectivity index (χ2v) is 7.26. The lowest BCUT2D eigenvalue weighted by Gasteiger charge is -2.11. The zero-order chi connectivity index (χ0) is 13.0. The maximum atomic E-state index is 11.5. The summed E-state index contributed by atoms with van der Waals surface area (Å²) in [6.07, 6.45) is 3.85. The molecule has 1 amide bonds. The molecule has 2 N–H and O–H groups in total. The van der Waals surface area contributed by atoms with Gasteiger partial charge in [0.25, 0.3) is 0 Å². The van der Waals surface area contributed by atoms with Crippen LogP contribution in [0, 0.1) is 0 Å². The molecular formula is C13H19BrN2OS. The molecule has 1 atom stereocenters. The van der Waals surface area contributed by atoms with E-state index in [1.165, 1.54) is 4.88 Å². The van der Waals surface area contributed by atoms with Crippen LogP contribution in [-0.2, 0) is 4.79 Å². The molecule has 1 aromatic heterocycles. The third kappa shape index (κ3) is 4.71. The lowest BCUT2D eigenvalue weighted by atomic mass is 10.2. The van der Waals surface area contributed by atoms with Crippen molar-refractivity contribution >= 4 is 33.2 Å². The Morgan fingerprint density at radius 2 is 2.33 bits per heavy atom. The molecule has 2 rings (SSSR count). The average molecular weight is 331 g/mol. The first-order chi connectivity index (χ1) is 8.65. The first kappa shape index (κ1) is 14.0. The van der Waals surface area contributed by atoms with E-state index in [4.69, 9.17) is 0 Å². The minimum atomic E-state index is 0.200. The Balaban J connectivity index is 1.58. The van der Waals surface area contributed by atoms with Crippen LogP contribution in [0.15, 0.2) is 15.9 Å². The fraction of sp³-hybridized carbons (Fsp3) is 0.615. The van der Waals surface area contributed by atoms with Gasteiger partial charge in [-0.25, -0.2) is 0 Å². The monoisotopic (exact) mass is 330 g/mol. The second-order valence-electron chi connectivity index (χ2n) is 4.76. The second kappa shape index (κ2) is 6.68. The largest absolute Gasteiger partial charge is 0.353 e. The van der Waals surface area contributed by atoms with Crippen molar-refractivity contribution in [3.8, 4) is 0 Å². The maximum Gasteiger partial charge on any atom is 0.220 e. The van der Waals surface area contributed by atoms with E-state index in [0.717, 1.165) is 29.6 Å². The fourth-order valence-corrected chi connectivity index (χ4v) is 3.21. The summed E-state index contributed by atoms with van der Waals surface area (Å²) in [5.41, 5.74) is 0. The maximum absolute atomic E-state index is 11.5. The summed E-state index contributed by atoms with van der Waals surface area (Å²) in [6, 6.07) is 5.04. The van der Waals surface area contributed by atoms with Gasteiger partial charge in [0.1, 0.15) is 0 Å². The Morgan fingerprint density at radius 3 is 2.94 bits per heavy atom. The molecule has 1 heterocycles. The number of carbonyl (C=O) groups is 1. The van der Waals surface area contributed by atoms with Crippen molar-refractivity contribution < 1.29 is 4.79 Å². The summed E-state index contributed by atoms with van der Waals surface area (Å²) < 4.78 is 1.16. The SMILES string of the molecule is CC(NCCCC(=O)NC1CC1)c1ccc(Br)s1. The minimum absolute atomic E-state index is 0.200. The molecule has 1 aliphatic carbocycles. The smallest absolute Gasteiger partial charge is 0.220 e. The molecule has 1 aliphatic rings. The van der Waals surface area contributed by atoms with E-state index in [1.807, 2.05) is 0 Å². The third-order valence-corrected chi connectivity index (χ3v) is 4.80. The molecule has 0 saturated heterocycles. The van der Waals surface area contributed by atoms with Crippen LogP contribution in [0.3, 0.4) is 0 Å². The van der Waals surface area contributed by atoms with E-state index in [9.17, 15) is 4.79 Å². The molecule has 0 bridgehead atoms. The van der Waals surface area contributed by atoms with E-state index in [0.29, 0.717) is 18.5 Å². The van der Waals surface area contributed by atoms with Crippen molar-refractivity contribution in [1.82, 2.24) is 10.6 Å². The highest BCUT2D eigenvalue weighted by molar-refractivity contribution is 9.11. The van der Waals surface area contributed by atoms with Gasteiger partial charge in [0.2, 0.25) is 5.91 Å². The molecule has 5 heteroatoms. The third-order valence-electron chi connectivity index (χ3n) is 2.99. The summed E-state index contributed by atoms with van der Waals surface area (Å²) >= 11 is 5.22. The van der Waals surface area contributed by atoms with Crippen molar-refractivity contribution in [2.75, 3.05) is 6.54 Å². The first-order valence-corrected chi connectivity index (χ1v) is 8.04. The van der Waals surface area contributed by atoms with Crippen molar-refractivity contribution in [3.05, 3.63) is 20.8 Å². The molecule has 100 valence electrons. The Bertz CT molecular complexity index is 403. The predicted molar refractivity (Wildman–Crippen MR) is 78.8 cm³/mol. The number of carbonyl (C=O) groups excluding carboxylic acids is 1. The van der Waals surface area contributed by atoms with Crippen LogP contribution in [0.4, 0.5) is 0 Å². The quantitative estimate of drug-likeness (QED) is 0.753. The standard InChI is InChI=1S/C13H19BrN2OS/c1-9(11-6-7-12(14)18-11)15-8-2-3-13(17)16-10-4-5-10/h6-7,9-10,15H,2-5,8H2,1H3,(H,16,17). The molecule has 0 radical (unpaired) electrons. The van der Waals surface area contributed by atoms with Crippen LogP contribution in [0.1, 0.15) is 43.5 Å². The highest BCUT2D eigenvalue weighted by atomic mass is 79.9. The van der Waals surface area contributed by atoms with Gasteiger partial charge in [-0.2, -0.15) is 0 Å². The number of rotatable bonds is 7. The molecule has 18 heavy (non-hydrogen) atoms. The molecule has 0 aliphatic heterocycles. The normalized spacial score (nSPS) is 16.6. The van der Waals surface area contributed by atoms with Crippen LogP contribution in [-0.4, -0.2) is 18.5 Å².